The third-order valence-corrected chi connectivity index (χ3v) is 0.131. The Bertz CT molecular complexity index is 72.9. The normalized spacial score (nSPS) is 7.11. The van der Waals surface area contributed by atoms with Crippen LogP contribution in [-0.4, -0.2) is 13.2 Å². The first kappa shape index (κ1) is 11.1. The number of nitrogens with two attached hydrogens (primary N) is 1. The molecule has 9 heavy (non-hydrogen) atoms. The van der Waals surface area contributed by atoms with E-state index in [1.807, 2.05) is 13.8 Å². The fourth-order valence-corrected chi connectivity index (χ4v) is 0.0481. The summed E-state index contributed by atoms with van der Waals surface area (Å²) < 4.78 is 0. The van der Waals surface area contributed by atoms with E-state index in [1.54, 1.807) is 6.11 Å². The van der Waals surface area contributed by atoms with Crippen LogP contribution in [0.3, 0.4) is 0 Å². The van der Waals surface area contributed by atoms with E-state index in [0.29, 0.717) is 6.04 Å². The molecule has 0 aliphatic rings. The van der Waals surface area contributed by atoms with Gasteiger partial charge in [-0.05, 0) is 6.04 Å². The minimum atomic E-state index is 0.333. The fourth-order valence-electron chi connectivity index (χ4n) is 0.0481. The number of rotatable bonds is 1. The van der Waals surface area contributed by atoms with Crippen LogP contribution in [-0.2, 0) is 9.78 Å². The maximum Gasteiger partial charge on any atom is 0.153 e. The van der Waals surface area contributed by atoms with Crippen molar-refractivity contribution in [2.24, 2.45) is 5.73 Å². The largest absolute Gasteiger partial charge is 0.328 e. The molecule has 0 unspecified atom stereocenters. The van der Waals surface area contributed by atoms with Crippen molar-refractivity contribution in [1.29, 1.82) is 0 Å². The average Bonchev–Trinajstić information content (AvgIpc) is 1.66. The van der Waals surface area contributed by atoms with Gasteiger partial charge in [-0.25, -0.2) is 0 Å². The minimum Gasteiger partial charge on any atom is -0.328 e. The van der Waals surface area contributed by atoms with Gasteiger partial charge >= 0.3 is 0 Å². The molecule has 0 saturated carbocycles. The highest BCUT2D eigenvalue weighted by atomic mass is 17.2. The zero-order valence-corrected chi connectivity index (χ0v) is 6.05. The third kappa shape index (κ3) is 124. The first-order valence-electron chi connectivity index (χ1n) is 2.56. The van der Waals surface area contributed by atoms with Gasteiger partial charge in [-0.1, -0.05) is 20.3 Å². The Kier molecular flexibility index (Phi) is 12.7. The first-order valence-corrected chi connectivity index (χ1v) is 2.56. The lowest BCUT2D eigenvalue weighted by atomic mass is 10.5. The molecule has 0 fully saturated rings. The molecule has 0 aromatic rings. The smallest absolute Gasteiger partial charge is 0.153 e. The highest BCUT2D eigenvalue weighted by molar-refractivity contribution is 4.64. The lowest BCUT2D eigenvalue weighted by Gasteiger charge is -1.81. The molecule has 0 rings (SSSR count). The second kappa shape index (κ2) is 10.3. The second-order valence-electron chi connectivity index (χ2n) is 1.61. The van der Waals surface area contributed by atoms with E-state index in [9.17, 15) is 0 Å². The summed E-state index contributed by atoms with van der Waals surface area (Å²) in [6.45, 7) is 3.89. The van der Waals surface area contributed by atoms with E-state index >= 15 is 0 Å². The van der Waals surface area contributed by atoms with Crippen LogP contribution in [0.4, 0.5) is 0 Å². The van der Waals surface area contributed by atoms with Crippen molar-refractivity contribution in [2.45, 2.75) is 19.9 Å². The molecule has 0 amide bonds. The summed E-state index contributed by atoms with van der Waals surface area (Å²) in [6, 6.07) is 0.333. The molecule has 54 valence electrons. The van der Waals surface area contributed by atoms with E-state index < -0.39 is 0 Å². The zero-order chi connectivity index (χ0) is 7.70. The Balaban J connectivity index is 0. The molecule has 0 heterocycles. The number of hydrogen-bond acceptors (Lipinski definition) is 3. The van der Waals surface area contributed by atoms with Crippen LogP contribution in [0.2, 0.25) is 0 Å². The van der Waals surface area contributed by atoms with Crippen LogP contribution < -0.4 is 5.73 Å². The Morgan fingerprint density at radius 3 is 1.89 bits per heavy atom. The van der Waals surface area contributed by atoms with Gasteiger partial charge in [0, 0.05) is 0 Å². The van der Waals surface area contributed by atoms with Crippen molar-refractivity contribution < 1.29 is 9.78 Å². The summed E-state index contributed by atoms with van der Waals surface area (Å²) in [5, 5.41) is 0. The summed E-state index contributed by atoms with van der Waals surface area (Å²) in [5.41, 5.74) is 5.11. The molecule has 0 spiro atoms. The predicted molar refractivity (Wildman–Crippen MR) is 36.3 cm³/mol. The molecule has 0 atom stereocenters. The molecule has 0 bridgehead atoms. The molecule has 0 radical (unpaired) electrons. The molecular weight excluding hydrogens is 118 g/mol. The lowest BCUT2D eigenvalue weighted by Crippen LogP contribution is -2.06. The molecule has 3 heteroatoms. The average molecular weight is 131 g/mol. The van der Waals surface area contributed by atoms with E-state index in [2.05, 4.69) is 16.2 Å². The van der Waals surface area contributed by atoms with Crippen LogP contribution in [0.5, 0.6) is 0 Å². The van der Waals surface area contributed by atoms with Crippen molar-refractivity contribution in [1.82, 2.24) is 0 Å². The zero-order valence-electron chi connectivity index (χ0n) is 6.05. The number of terminal acetylenes is 1. The summed E-state index contributed by atoms with van der Waals surface area (Å²) >= 11 is 0. The van der Waals surface area contributed by atoms with E-state index in [4.69, 9.17) is 5.73 Å². The molecule has 0 aromatic heterocycles. The second-order valence-corrected chi connectivity index (χ2v) is 1.61. The minimum absolute atomic E-state index is 0.333. The van der Waals surface area contributed by atoms with Crippen LogP contribution in [0.1, 0.15) is 13.8 Å². The van der Waals surface area contributed by atoms with Crippen LogP contribution in [0.25, 0.3) is 0 Å². The van der Waals surface area contributed by atoms with Crippen molar-refractivity contribution in [2.75, 3.05) is 7.11 Å². The fraction of sp³-hybridized carbons (Fsp3) is 0.667. The van der Waals surface area contributed by atoms with Crippen LogP contribution in [0, 0.1) is 12.5 Å². The summed E-state index contributed by atoms with van der Waals surface area (Å²) in [4.78, 5) is 7.82. The summed E-state index contributed by atoms with van der Waals surface area (Å²) in [7, 11) is 1.35. The molecular formula is C6H13NO2. The van der Waals surface area contributed by atoms with Gasteiger partial charge in [0.25, 0.3) is 0 Å². The van der Waals surface area contributed by atoms with Gasteiger partial charge in [-0.15, -0.1) is 0 Å². The van der Waals surface area contributed by atoms with Gasteiger partial charge in [0.05, 0.1) is 7.11 Å². The topological polar surface area (TPSA) is 44.5 Å². The van der Waals surface area contributed by atoms with E-state index in [-0.39, 0.29) is 0 Å². The molecule has 0 aliphatic heterocycles. The van der Waals surface area contributed by atoms with E-state index in [0.717, 1.165) is 0 Å². The Labute approximate surface area is 56.1 Å². The van der Waals surface area contributed by atoms with Crippen LogP contribution in [0.15, 0.2) is 0 Å². The summed E-state index contributed by atoms with van der Waals surface area (Å²) in [5.74, 6) is 0. The predicted octanol–water partition coefficient (Wildman–Crippen LogP) is 0.509. The monoisotopic (exact) mass is 131 g/mol. The Morgan fingerprint density at radius 1 is 1.56 bits per heavy atom. The molecule has 2 N–H and O–H groups in total. The molecule has 0 saturated heterocycles. The third-order valence-electron chi connectivity index (χ3n) is 0.131. The maximum atomic E-state index is 5.11. The quantitative estimate of drug-likeness (QED) is 0.320. The van der Waals surface area contributed by atoms with Gasteiger partial charge < -0.3 is 5.73 Å². The molecule has 0 aromatic carbocycles. The lowest BCUT2D eigenvalue weighted by molar-refractivity contribution is -0.209. The van der Waals surface area contributed by atoms with Crippen molar-refractivity contribution in [3.05, 3.63) is 0 Å². The van der Waals surface area contributed by atoms with Gasteiger partial charge in [-0.2, -0.15) is 4.89 Å². The Hall–Kier alpha value is -0.720. The van der Waals surface area contributed by atoms with E-state index in [1.165, 1.54) is 7.11 Å². The SMILES string of the molecule is C#COOC.CC(C)N. The van der Waals surface area contributed by atoms with Crippen LogP contribution >= 0.6 is 0 Å². The van der Waals surface area contributed by atoms with Crippen molar-refractivity contribution >= 4 is 0 Å². The maximum absolute atomic E-state index is 5.11. The van der Waals surface area contributed by atoms with Gasteiger partial charge in [-0.3, -0.25) is 4.89 Å². The highest BCUT2D eigenvalue weighted by Crippen LogP contribution is 1.58. The first-order chi connectivity index (χ1) is 4.15. The van der Waals surface area contributed by atoms with Gasteiger partial charge in [0.2, 0.25) is 0 Å². The molecule has 0 aliphatic carbocycles. The molecule has 3 nitrogen and oxygen atoms in total. The highest BCUT2D eigenvalue weighted by Gasteiger charge is 1.67. The Morgan fingerprint density at radius 2 is 1.89 bits per heavy atom. The van der Waals surface area contributed by atoms with Gasteiger partial charge in [0.1, 0.15) is 0 Å². The van der Waals surface area contributed by atoms with Crippen molar-refractivity contribution in [3.63, 3.8) is 0 Å². The standard InChI is InChI=1S/C3H9N.C3H4O2/c1-3(2)4;1-3-5-4-2/h3H,4H2,1-2H3;1H,2H3. The number of hydrogen-bond donors (Lipinski definition) is 1. The van der Waals surface area contributed by atoms with Gasteiger partial charge in [0.15, 0.2) is 6.11 Å². The summed E-state index contributed by atoms with van der Waals surface area (Å²) in [6.07, 6.45) is 6.34. The van der Waals surface area contributed by atoms with Crippen molar-refractivity contribution in [3.8, 4) is 12.5 Å².